The summed E-state index contributed by atoms with van der Waals surface area (Å²) < 4.78 is 4.80. The minimum Gasteiger partial charge on any atom is -0.466 e. The summed E-state index contributed by atoms with van der Waals surface area (Å²) in [5, 5.41) is 4.63. The quantitative estimate of drug-likeness (QED) is 0.402. The van der Waals surface area contributed by atoms with E-state index in [1.54, 1.807) is 13.0 Å². The normalized spacial score (nSPS) is 22.9. The van der Waals surface area contributed by atoms with Crippen molar-refractivity contribution in [1.82, 2.24) is 10.6 Å². The van der Waals surface area contributed by atoms with E-state index in [4.69, 9.17) is 4.74 Å². The summed E-state index contributed by atoms with van der Waals surface area (Å²) in [5.74, 6) is -0.994. The van der Waals surface area contributed by atoms with Crippen LogP contribution >= 0.6 is 0 Å². The van der Waals surface area contributed by atoms with E-state index in [1.165, 1.54) is 0 Å². The largest absolute Gasteiger partial charge is 0.466 e. The average Bonchev–Trinajstić information content (AvgIpc) is 2.51. The zero-order valence-electron chi connectivity index (χ0n) is 9.75. The Hall–Kier alpha value is -1.85. The molecule has 0 spiro atoms. The molecule has 1 unspecified atom stereocenters. The lowest BCUT2D eigenvalue weighted by Gasteiger charge is -2.24. The van der Waals surface area contributed by atoms with Gasteiger partial charge in [-0.3, -0.25) is 14.9 Å². The second kappa shape index (κ2) is 5.47. The van der Waals surface area contributed by atoms with Crippen molar-refractivity contribution < 1.29 is 19.1 Å². The van der Waals surface area contributed by atoms with Gasteiger partial charge in [-0.15, -0.1) is 6.58 Å². The van der Waals surface area contributed by atoms with Gasteiger partial charge in [-0.1, -0.05) is 6.08 Å². The van der Waals surface area contributed by atoms with Crippen LogP contribution in [0.15, 0.2) is 12.7 Å². The molecule has 1 rings (SSSR count). The van der Waals surface area contributed by atoms with Crippen molar-refractivity contribution in [3.8, 4) is 0 Å². The molecule has 94 valence electrons. The zero-order chi connectivity index (χ0) is 12.9. The summed E-state index contributed by atoms with van der Waals surface area (Å²) in [6, 6.07) is -0.580. The van der Waals surface area contributed by atoms with Crippen LogP contribution in [0, 0.1) is 0 Å². The summed E-state index contributed by atoms with van der Waals surface area (Å²) in [6.07, 6.45) is 2.32. The molecule has 6 nitrogen and oxygen atoms in total. The maximum absolute atomic E-state index is 11.7. The number of carbonyl (C=O) groups is 3. The lowest BCUT2D eigenvalue weighted by atomic mass is 9.90. The predicted octanol–water partition coefficient (Wildman–Crippen LogP) is 0.484. The lowest BCUT2D eigenvalue weighted by molar-refractivity contribution is -0.147. The number of amides is 3. The molecule has 1 atom stereocenters. The second-order valence-electron chi connectivity index (χ2n) is 3.80. The van der Waals surface area contributed by atoms with Gasteiger partial charge in [0.25, 0.3) is 5.91 Å². The van der Waals surface area contributed by atoms with Crippen LogP contribution in [-0.2, 0) is 14.3 Å². The fourth-order valence-electron chi connectivity index (χ4n) is 1.72. The van der Waals surface area contributed by atoms with Gasteiger partial charge in [-0.05, 0) is 19.8 Å². The summed E-state index contributed by atoms with van der Waals surface area (Å²) in [5.41, 5.74) is -1.20. The molecule has 17 heavy (non-hydrogen) atoms. The van der Waals surface area contributed by atoms with Crippen molar-refractivity contribution in [2.45, 2.75) is 31.7 Å². The summed E-state index contributed by atoms with van der Waals surface area (Å²) in [7, 11) is 0. The third-order valence-electron chi connectivity index (χ3n) is 2.54. The van der Waals surface area contributed by atoms with E-state index in [0.717, 1.165) is 0 Å². The number of carbonyl (C=O) groups excluding carboxylic acids is 3. The number of ether oxygens (including phenoxy) is 1. The van der Waals surface area contributed by atoms with Crippen molar-refractivity contribution >= 4 is 17.9 Å². The Bertz CT molecular complexity index is 353. The molecule has 0 saturated carbocycles. The topological polar surface area (TPSA) is 84.5 Å². The van der Waals surface area contributed by atoms with E-state index in [2.05, 4.69) is 17.2 Å². The minimum absolute atomic E-state index is 0.160. The number of hydrogen-bond acceptors (Lipinski definition) is 4. The highest BCUT2D eigenvalue weighted by Crippen LogP contribution is 2.22. The van der Waals surface area contributed by atoms with Crippen molar-refractivity contribution in [2.24, 2.45) is 0 Å². The molecule has 1 aliphatic rings. The molecule has 6 heteroatoms. The Morgan fingerprint density at radius 2 is 2.24 bits per heavy atom. The van der Waals surface area contributed by atoms with Gasteiger partial charge in [0.05, 0.1) is 13.0 Å². The molecule has 1 saturated heterocycles. The van der Waals surface area contributed by atoms with Crippen molar-refractivity contribution in [3.05, 3.63) is 12.7 Å². The second-order valence-corrected chi connectivity index (χ2v) is 3.80. The summed E-state index contributed by atoms with van der Waals surface area (Å²) >= 11 is 0. The van der Waals surface area contributed by atoms with Crippen LogP contribution in [-0.4, -0.2) is 30.1 Å². The molecular formula is C11H16N2O4. The van der Waals surface area contributed by atoms with Crippen LogP contribution in [0.25, 0.3) is 0 Å². The first-order valence-corrected chi connectivity index (χ1v) is 5.44. The molecule has 3 amide bonds. The van der Waals surface area contributed by atoms with E-state index in [1.807, 2.05) is 0 Å². The van der Waals surface area contributed by atoms with Crippen LogP contribution in [0.3, 0.4) is 0 Å². The van der Waals surface area contributed by atoms with Gasteiger partial charge in [0.2, 0.25) is 0 Å². The molecule has 0 aliphatic carbocycles. The number of allylic oxidation sites excluding steroid dienone is 1. The number of hydrogen-bond donors (Lipinski definition) is 2. The smallest absolute Gasteiger partial charge is 0.322 e. The SMILES string of the molecule is C=CCCC1(CC(=O)OCC)NC(=O)NC1=O. The van der Waals surface area contributed by atoms with Crippen LogP contribution in [0.4, 0.5) is 4.79 Å². The number of imide groups is 1. The maximum Gasteiger partial charge on any atom is 0.322 e. The molecule has 1 aliphatic heterocycles. The Morgan fingerprint density at radius 1 is 1.53 bits per heavy atom. The minimum atomic E-state index is -1.20. The van der Waals surface area contributed by atoms with Crippen LogP contribution in [0.5, 0.6) is 0 Å². The molecule has 0 aromatic heterocycles. The fourth-order valence-corrected chi connectivity index (χ4v) is 1.72. The lowest BCUT2D eigenvalue weighted by Crippen LogP contribution is -2.48. The number of esters is 1. The zero-order valence-corrected chi connectivity index (χ0v) is 9.75. The molecule has 1 fully saturated rings. The summed E-state index contributed by atoms with van der Waals surface area (Å²) in [4.78, 5) is 34.3. The molecule has 0 aromatic carbocycles. The Kier molecular flexibility index (Phi) is 4.25. The van der Waals surface area contributed by atoms with Crippen LogP contribution in [0.1, 0.15) is 26.2 Å². The van der Waals surface area contributed by atoms with E-state index >= 15 is 0 Å². The Labute approximate surface area is 99.4 Å². The van der Waals surface area contributed by atoms with Gasteiger partial charge in [-0.25, -0.2) is 4.79 Å². The van der Waals surface area contributed by atoms with Crippen LogP contribution in [0.2, 0.25) is 0 Å². The van der Waals surface area contributed by atoms with E-state index in [0.29, 0.717) is 12.8 Å². The first-order chi connectivity index (χ1) is 8.04. The predicted molar refractivity (Wildman–Crippen MR) is 60.1 cm³/mol. The summed E-state index contributed by atoms with van der Waals surface area (Å²) in [6.45, 7) is 5.48. The van der Waals surface area contributed by atoms with E-state index in [9.17, 15) is 14.4 Å². The van der Waals surface area contributed by atoms with Crippen molar-refractivity contribution in [3.63, 3.8) is 0 Å². The first-order valence-electron chi connectivity index (χ1n) is 5.44. The third kappa shape index (κ3) is 3.05. The van der Waals surface area contributed by atoms with Gasteiger partial charge in [0.1, 0.15) is 5.54 Å². The number of nitrogens with one attached hydrogen (secondary N) is 2. The molecular weight excluding hydrogens is 224 g/mol. The van der Waals surface area contributed by atoms with E-state index < -0.39 is 23.4 Å². The molecule has 0 aromatic rings. The van der Waals surface area contributed by atoms with Crippen molar-refractivity contribution in [1.29, 1.82) is 0 Å². The Morgan fingerprint density at radius 3 is 2.71 bits per heavy atom. The van der Waals surface area contributed by atoms with Gasteiger partial charge < -0.3 is 10.1 Å². The fraction of sp³-hybridized carbons (Fsp3) is 0.545. The number of urea groups is 1. The standard InChI is InChI=1S/C11H16N2O4/c1-3-5-6-11(7-8(14)17-4-2)9(15)12-10(16)13-11/h3H,1,4-7H2,2H3,(H2,12,13,15,16). The van der Waals surface area contributed by atoms with Crippen LogP contribution < -0.4 is 10.6 Å². The molecule has 0 bridgehead atoms. The van der Waals surface area contributed by atoms with E-state index in [-0.39, 0.29) is 13.0 Å². The highest BCUT2D eigenvalue weighted by molar-refractivity contribution is 6.08. The van der Waals surface area contributed by atoms with Gasteiger partial charge in [-0.2, -0.15) is 0 Å². The maximum atomic E-state index is 11.7. The molecule has 0 radical (unpaired) electrons. The Balaban J connectivity index is 2.79. The third-order valence-corrected chi connectivity index (χ3v) is 2.54. The monoisotopic (exact) mass is 240 g/mol. The highest BCUT2D eigenvalue weighted by Gasteiger charge is 2.47. The first kappa shape index (κ1) is 13.2. The van der Waals surface area contributed by atoms with Gasteiger partial charge in [0, 0.05) is 0 Å². The van der Waals surface area contributed by atoms with Gasteiger partial charge in [0.15, 0.2) is 0 Å². The average molecular weight is 240 g/mol. The molecule has 2 N–H and O–H groups in total. The van der Waals surface area contributed by atoms with Gasteiger partial charge >= 0.3 is 12.0 Å². The highest BCUT2D eigenvalue weighted by atomic mass is 16.5. The molecule has 1 heterocycles. The number of rotatable bonds is 6. The van der Waals surface area contributed by atoms with Crippen molar-refractivity contribution in [2.75, 3.05) is 6.61 Å².